The molecule has 2 amide bonds. The molecular weight excluding hydrogens is 482 g/mol. The van der Waals surface area contributed by atoms with Crippen LogP contribution in [-0.4, -0.2) is 97.9 Å². The highest BCUT2D eigenvalue weighted by molar-refractivity contribution is 5.99. The fourth-order valence-electron chi connectivity index (χ4n) is 5.60. The van der Waals surface area contributed by atoms with Crippen LogP contribution in [0.5, 0.6) is 0 Å². The van der Waals surface area contributed by atoms with Crippen LogP contribution in [0.4, 0.5) is 14.5 Å². The predicted octanol–water partition coefficient (Wildman–Crippen LogP) is 2.42. The Morgan fingerprint density at radius 3 is 2.38 bits per heavy atom. The minimum Gasteiger partial charge on any atom is -0.369 e. The molecule has 3 aliphatic heterocycles. The zero-order valence-electron chi connectivity index (χ0n) is 21.9. The molecule has 3 aliphatic rings. The second-order valence-electron chi connectivity index (χ2n) is 10.4. The zero-order valence-corrected chi connectivity index (χ0v) is 21.9. The molecule has 3 heterocycles. The van der Waals surface area contributed by atoms with Crippen molar-refractivity contribution in [2.45, 2.75) is 58.2 Å². The number of benzene rings is 1. The van der Waals surface area contributed by atoms with Gasteiger partial charge in [-0.2, -0.15) is 0 Å². The summed E-state index contributed by atoms with van der Waals surface area (Å²) in [6, 6.07) is 5.36. The van der Waals surface area contributed by atoms with Gasteiger partial charge < -0.3 is 19.9 Å². The quantitative estimate of drug-likeness (QED) is 0.539. The Morgan fingerprint density at radius 2 is 1.78 bits per heavy atom. The van der Waals surface area contributed by atoms with Gasteiger partial charge in [0.25, 0.3) is 5.91 Å². The monoisotopic (exact) mass is 520 g/mol. The van der Waals surface area contributed by atoms with Crippen LogP contribution in [0.2, 0.25) is 0 Å². The fraction of sp³-hybridized carbons (Fsp3) is 0.667. The Labute approximate surface area is 217 Å². The molecule has 3 saturated heterocycles. The van der Waals surface area contributed by atoms with E-state index >= 15 is 0 Å². The average molecular weight is 521 g/mol. The molecule has 8 nitrogen and oxygen atoms in total. The SMILES string of the molecule is CCCN1CCN(c2ccc(C(=O)N[C@H](C(=O)N3C[C@H](C(F)F)[C@H]4OCC(=O)[C@H]43)[C@@H](C)CC)cc2)CC1. The number of fused-ring (bicyclic) bond motifs is 1. The van der Waals surface area contributed by atoms with Crippen molar-refractivity contribution in [3.63, 3.8) is 0 Å². The van der Waals surface area contributed by atoms with Gasteiger partial charge in [0, 0.05) is 44.0 Å². The number of alkyl halides is 2. The molecular formula is C27H38F2N4O4. The lowest BCUT2D eigenvalue weighted by Crippen LogP contribution is -2.54. The molecule has 1 aromatic carbocycles. The molecule has 204 valence electrons. The minimum atomic E-state index is -2.71. The standard InChI is InChI=1S/C27H38F2N4O4/c1-4-10-31-11-13-32(14-12-31)19-8-6-18(7-9-19)26(35)30-22(17(3)5-2)27(36)33-15-20(25(28)29)24-23(33)21(34)16-37-24/h6-9,17,20,22-25H,4-5,10-16H2,1-3H3,(H,30,35)/t17-,20-,22-,23+,24+/m0/s1. The molecule has 3 fully saturated rings. The van der Waals surface area contributed by atoms with Crippen molar-refractivity contribution in [1.82, 2.24) is 15.1 Å². The normalized spacial score (nSPS) is 25.9. The third-order valence-corrected chi connectivity index (χ3v) is 8.00. The molecule has 1 N–H and O–H groups in total. The summed E-state index contributed by atoms with van der Waals surface area (Å²) in [7, 11) is 0. The largest absolute Gasteiger partial charge is 0.369 e. The van der Waals surface area contributed by atoms with Crippen molar-refractivity contribution in [2.24, 2.45) is 11.8 Å². The van der Waals surface area contributed by atoms with Crippen LogP contribution in [0.3, 0.4) is 0 Å². The number of Topliss-reactive ketones (excluding diaryl/α,β-unsaturated/α-hetero) is 1. The maximum atomic E-state index is 13.6. The molecule has 0 aromatic heterocycles. The van der Waals surface area contributed by atoms with Crippen LogP contribution in [0, 0.1) is 11.8 Å². The number of ether oxygens (including phenoxy) is 1. The Kier molecular flexibility index (Phi) is 8.79. The summed E-state index contributed by atoms with van der Waals surface area (Å²) in [4.78, 5) is 45.0. The number of anilines is 1. The number of carbonyl (C=O) groups is 3. The maximum Gasteiger partial charge on any atom is 0.251 e. The zero-order chi connectivity index (χ0) is 26.7. The smallest absolute Gasteiger partial charge is 0.251 e. The maximum absolute atomic E-state index is 13.6. The van der Waals surface area contributed by atoms with Crippen LogP contribution in [-0.2, 0) is 14.3 Å². The summed E-state index contributed by atoms with van der Waals surface area (Å²) >= 11 is 0. The molecule has 10 heteroatoms. The predicted molar refractivity (Wildman–Crippen MR) is 136 cm³/mol. The number of rotatable bonds is 9. The minimum absolute atomic E-state index is 0.253. The Hall–Kier alpha value is -2.59. The van der Waals surface area contributed by atoms with Gasteiger partial charge in [0.2, 0.25) is 12.3 Å². The molecule has 1 aromatic rings. The van der Waals surface area contributed by atoms with E-state index in [1.165, 1.54) is 4.90 Å². The summed E-state index contributed by atoms with van der Waals surface area (Å²) in [6.07, 6.45) is -1.98. The summed E-state index contributed by atoms with van der Waals surface area (Å²) in [5.41, 5.74) is 1.46. The van der Waals surface area contributed by atoms with Gasteiger partial charge in [0.05, 0.1) is 12.0 Å². The molecule has 0 spiro atoms. The van der Waals surface area contributed by atoms with Crippen LogP contribution in [0.25, 0.3) is 0 Å². The third-order valence-electron chi connectivity index (χ3n) is 8.00. The number of carbonyl (C=O) groups excluding carboxylic acids is 3. The molecule has 0 bridgehead atoms. The van der Waals surface area contributed by atoms with Crippen molar-refractivity contribution in [3.8, 4) is 0 Å². The number of hydrogen-bond donors (Lipinski definition) is 1. The number of amides is 2. The van der Waals surface area contributed by atoms with Gasteiger partial charge in [-0.05, 0) is 43.1 Å². The molecule has 0 saturated carbocycles. The molecule has 5 atom stereocenters. The molecule has 0 unspecified atom stereocenters. The highest BCUT2D eigenvalue weighted by Gasteiger charge is 2.56. The van der Waals surface area contributed by atoms with E-state index in [1.54, 1.807) is 12.1 Å². The van der Waals surface area contributed by atoms with E-state index in [4.69, 9.17) is 4.74 Å². The van der Waals surface area contributed by atoms with Gasteiger partial charge in [0.1, 0.15) is 18.7 Å². The number of hydrogen-bond acceptors (Lipinski definition) is 6. The fourth-order valence-corrected chi connectivity index (χ4v) is 5.60. The van der Waals surface area contributed by atoms with E-state index in [-0.39, 0.29) is 24.9 Å². The molecule has 4 rings (SSSR count). The highest BCUT2D eigenvalue weighted by atomic mass is 19.3. The van der Waals surface area contributed by atoms with E-state index in [0.29, 0.717) is 12.0 Å². The average Bonchev–Trinajstić information content (AvgIpc) is 3.48. The number of nitrogens with zero attached hydrogens (tertiary/aromatic N) is 3. The number of nitrogens with one attached hydrogen (secondary N) is 1. The number of piperazine rings is 1. The van der Waals surface area contributed by atoms with E-state index in [2.05, 4.69) is 22.0 Å². The second-order valence-corrected chi connectivity index (χ2v) is 10.4. The molecule has 37 heavy (non-hydrogen) atoms. The van der Waals surface area contributed by atoms with Crippen molar-refractivity contribution in [2.75, 3.05) is 50.8 Å². The van der Waals surface area contributed by atoms with Gasteiger partial charge in [-0.1, -0.05) is 27.2 Å². The lowest BCUT2D eigenvalue weighted by molar-refractivity contribution is -0.139. The number of halogens is 2. The Morgan fingerprint density at radius 1 is 1.11 bits per heavy atom. The van der Waals surface area contributed by atoms with Crippen molar-refractivity contribution in [3.05, 3.63) is 29.8 Å². The van der Waals surface area contributed by atoms with Crippen molar-refractivity contribution < 1.29 is 27.9 Å². The molecule has 0 aliphatic carbocycles. The number of ketones is 1. The summed E-state index contributed by atoms with van der Waals surface area (Å²) in [5, 5.41) is 2.83. The lowest BCUT2D eigenvalue weighted by Gasteiger charge is -2.36. The molecule has 0 radical (unpaired) electrons. The van der Waals surface area contributed by atoms with Crippen LogP contribution in [0.15, 0.2) is 24.3 Å². The van der Waals surface area contributed by atoms with Gasteiger partial charge in [0.15, 0.2) is 5.78 Å². The second kappa shape index (κ2) is 11.9. The lowest BCUT2D eigenvalue weighted by atomic mass is 9.96. The van der Waals surface area contributed by atoms with E-state index in [1.807, 2.05) is 26.0 Å². The van der Waals surface area contributed by atoms with Gasteiger partial charge in [-0.25, -0.2) is 8.78 Å². The van der Waals surface area contributed by atoms with Crippen molar-refractivity contribution >= 4 is 23.3 Å². The van der Waals surface area contributed by atoms with E-state index in [0.717, 1.165) is 44.8 Å². The summed E-state index contributed by atoms with van der Waals surface area (Å²) in [5.74, 6) is -2.77. The van der Waals surface area contributed by atoms with E-state index in [9.17, 15) is 23.2 Å². The highest BCUT2D eigenvalue weighted by Crippen LogP contribution is 2.36. The first-order valence-electron chi connectivity index (χ1n) is 13.4. The first-order valence-corrected chi connectivity index (χ1v) is 13.4. The summed E-state index contributed by atoms with van der Waals surface area (Å²) in [6.45, 7) is 10.3. The first kappa shape index (κ1) is 27.4. The van der Waals surface area contributed by atoms with E-state index < -0.39 is 42.3 Å². The van der Waals surface area contributed by atoms with Crippen LogP contribution >= 0.6 is 0 Å². The summed E-state index contributed by atoms with van der Waals surface area (Å²) < 4.78 is 32.6. The number of likely N-dealkylation sites (tertiary alicyclic amines) is 1. The topological polar surface area (TPSA) is 82.2 Å². The Balaban J connectivity index is 1.44. The van der Waals surface area contributed by atoms with Crippen LogP contribution in [0.1, 0.15) is 44.0 Å². The van der Waals surface area contributed by atoms with Gasteiger partial charge in [-0.15, -0.1) is 0 Å². The third kappa shape index (κ3) is 5.80. The van der Waals surface area contributed by atoms with Crippen molar-refractivity contribution in [1.29, 1.82) is 0 Å². The van der Waals surface area contributed by atoms with Crippen LogP contribution < -0.4 is 10.2 Å². The Bertz CT molecular complexity index is 968. The first-order chi connectivity index (χ1) is 17.7. The van der Waals surface area contributed by atoms with Gasteiger partial charge >= 0.3 is 0 Å². The van der Waals surface area contributed by atoms with Gasteiger partial charge in [-0.3, -0.25) is 19.3 Å².